The van der Waals surface area contributed by atoms with Gasteiger partial charge in [0.2, 0.25) is 6.54 Å². The maximum atomic E-state index is 7.60. The fourth-order valence-corrected chi connectivity index (χ4v) is 0.0354. The fourth-order valence-electron chi connectivity index (χ4n) is 0.0354. The van der Waals surface area contributed by atoms with Crippen LogP contribution in [-0.4, -0.2) is 13.1 Å². The Hall–Kier alpha value is -1.53. The third-order valence-electron chi connectivity index (χ3n) is 0.308. The molecule has 0 fully saturated rings. The second kappa shape index (κ2) is 16.1. The van der Waals surface area contributed by atoms with Crippen molar-refractivity contribution in [2.75, 3.05) is 13.1 Å². The third kappa shape index (κ3) is 59.8. The molecule has 0 aliphatic rings. The van der Waals surface area contributed by atoms with Crippen LogP contribution in [0.25, 0.3) is 9.69 Å². The average molecular weight is 121 g/mol. The quantitative estimate of drug-likeness (QED) is 0.351. The molecule has 0 spiro atoms. The van der Waals surface area contributed by atoms with Gasteiger partial charge in [0, 0.05) is 6.92 Å². The molecule has 0 unspecified atom stereocenters. The van der Waals surface area contributed by atoms with Crippen molar-refractivity contribution < 1.29 is 0 Å². The molecule has 0 N–H and O–H groups in total. The van der Waals surface area contributed by atoms with E-state index < -0.39 is 0 Å². The molecule has 0 radical (unpaired) electrons. The molecular weight excluding hydrogens is 114 g/mol. The van der Waals surface area contributed by atoms with Crippen LogP contribution in [0.3, 0.4) is 0 Å². The summed E-state index contributed by atoms with van der Waals surface area (Å²) in [7, 11) is 0. The van der Waals surface area contributed by atoms with Gasteiger partial charge in [0.1, 0.15) is 6.07 Å². The summed E-state index contributed by atoms with van der Waals surface area (Å²) in [6.45, 7) is 14.5. The minimum Gasteiger partial charge on any atom is -0.317 e. The maximum absolute atomic E-state index is 7.60. The highest BCUT2D eigenvalue weighted by Gasteiger charge is 1.64. The molecule has 0 aliphatic carbocycles. The van der Waals surface area contributed by atoms with Gasteiger partial charge in [-0.25, -0.2) is 13.1 Å². The highest BCUT2D eigenvalue weighted by molar-refractivity contribution is 4.81. The molecule has 0 atom stereocenters. The number of rotatable bonds is 0. The summed E-state index contributed by atoms with van der Waals surface area (Å²) in [6, 6.07) is 1.66. The standard InChI is InChI=1S/C3H2N2.C3H5N/c1-5-3-2-4;1-3-4-2/h3H2;3H2,1H3. The molecule has 0 heterocycles. The van der Waals surface area contributed by atoms with Crippen molar-refractivity contribution in [2.45, 2.75) is 6.92 Å². The number of hydrogen-bond acceptors (Lipinski definition) is 1. The predicted octanol–water partition coefficient (Wildman–Crippen LogP) is 1.35. The Morgan fingerprint density at radius 3 is 1.89 bits per heavy atom. The normalized spacial score (nSPS) is 4.67. The summed E-state index contributed by atoms with van der Waals surface area (Å²) in [6.07, 6.45) is 0. The Bertz CT molecular complexity index is 141. The maximum Gasteiger partial charge on any atom is 0.298 e. The molecule has 3 heteroatoms. The second-order valence-electron chi connectivity index (χ2n) is 0.949. The van der Waals surface area contributed by atoms with Gasteiger partial charge in [-0.1, -0.05) is 0 Å². The van der Waals surface area contributed by atoms with Gasteiger partial charge in [-0.15, -0.1) is 0 Å². The SMILES string of the molecule is [C-]#[N+]CC.[C-]#[N+]CC#N. The van der Waals surface area contributed by atoms with Crippen molar-refractivity contribution in [2.24, 2.45) is 0 Å². The summed E-state index contributed by atoms with van der Waals surface area (Å²) in [4.78, 5) is 5.73. The fraction of sp³-hybridized carbons (Fsp3) is 0.500. The number of hydrogen-bond donors (Lipinski definition) is 0. The molecule has 0 saturated heterocycles. The lowest BCUT2D eigenvalue weighted by molar-refractivity contribution is 1.35. The zero-order chi connectivity index (χ0) is 7.54. The Labute approximate surface area is 55.2 Å². The first-order chi connectivity index (χ1) is 4.33. The van der Waals surface area contributed by atoms with Gasteiger partial charge in [0.25, 0.3) is 6.54 Å². The Morgan fingerprint density at radius 1 is 1.44 bits per heavy atom. The number of nitrogens with zero attached hydrogens (tertiary/aromatic N) is 3. The van der Waals surface area contributed by atoms with E-state index in [-0.39, 0.29) is 6.54 Å². The van der Waals surface area contributed by atoms with Gasteiger partial charge < -0.3 is 9.69 Å². The van der Waals surface area contributed by atoms with Crippen molar-refractivity contribution in [1.29, 1.82) is 5.26 Å². The van der Waals surface area contributed by atoms with E-state index in [0.29, 0.717) is 6.54 Å². The second-order valence-corrected chi connectivity index (χ2v) is 0.949. The van der Waals surface area contributed by atoms with E-state index >= 15 is 0 Å². The minimum absolute atomic E-state index is 0.0139. The van der Waals surface area contributed by atoms with Crippen molar-refractivity contribution >= 4 is 0 Å². The highest BCUT2D eigenvalue weighted by Crippen LogP contribution is 1.54. The smallest absolute Gasteiger partial charge is 0.298 e. The monoisotopic (exact) mass is 121 g/mol. The van der Waals surface area contributed by atoms with Crippen molar-refractivity contribution in [3.8, 4) is 6.07 Å². The van der Waals surface area contributed by atoms with E-state index in [1.165, 1.54) is 0 Å². The molecule has 0 bridgehead atoms. The lowest BCUT2D eigenvalue weighted by Gasteiger charge is -1.51. The number of nitriles is 1. The van der Waals surface area contributed by atoms with E-state index in [2.05, 4.69) is 9.69 Å². The molecule has 0 amide bonds. The van der Waals surface area contributed by atoms with Gasteiger partial charge >= 0.3 is 0 Å². The summed E-state index contributed by atoms with van der Waals surface area (Å²) in [5.41, 5.74) is 0. The van der Waals surface area contributed by atoms with Crippen LogP contribution in [-0.2, 0) is 0 Å². The van der Waals surface area contributed by atoms with Crippen LogP contribution >= 0.6 is 0 Å². The Kier molecular flexibility index (Phi) is 18.7. The van der Waals surface area contributed by atoms with Crippen LogP contribution < -0.4 is 0 Å². The summed E-state index contributed by atoms with van der Waals surface area (Å²) in [5.74, 6) is 0. The zero-order valence-corrected chi connectivity index (χ0v) is 5.26. The van der Waals surface area contributed by atoms with Gasteiger partial charge in [0.15, 0.2) is 0 Å². The predicted molar refractivity (Wildman–Crippen MR) is 34.2 cm³/mol. The molecule has 9 heavy (non-hydrogen) atoms. The van der Waals surface area contributed by atoms with Crippen LogP contribution in [0.5, 0.6) is 0 Å². The van der Waals surface area contributed by atoms with Crippen LogP contribution in [0.1, 0.15) is 6.92 Å². The molecule has 0 aromatic rings. The first-order valence-electron chi connectivity index (χ1n) is 2.36. The van der Waals surface area contributed by atoms with Gasteiger partial charge in [0.05, 0.1) is 0 Å². The summed E-state index contributed by atoms with van der Waals surface area (Å²) >= 11 is 0. The van der Waals surface area contributed by atoms with Crippen LogP contribution in [0.2, 0.25) is 0 Å². The van der Waals surface area contributed by atoms with Crippen LogP contribution in [0, 0.1) is 24.5 Å². The minimum atomic E-state index is -0.0139. The average Bonchev–Trinajstić information content (AvgIpc) is 1.91. The van der Waals surface area contributed by atoms with E-state index in [4.69, 9.17) is 18.4 Å². The van der Waals surface area contributed by atoms with E-state index in [1.807, 2.05) is 6.92 Å². The Balaban J connectivity index is 0. The molecule has 0 aromatic carbocycles. The molecule has 0 rings (SSSR count). The largest absolute Gasteiger partial charge is 0.317 e. The molecule has 0 aromatic heterocycles. The molecule has 46 valence electrons. The van der Waals surface area contributed by atoms with Crippen molar-refractivity contribution in [3.05, 3.63) is 22.8 Å². The topological polar surface area (TPSA) is 32.5 Å². The van der Waals surface area contributed by atoms with Crippen molar-refractivity contribution in [3.63, 3.8) is 0 Å². The summed E-state index contributed by atoms with van der Waals surface area (Å²) in [5, 5.41) is 7.60. The first-order valence-corrected chi connectivity index (χ1v) is 2.36. The van der Waals surface area contributed by atoms with E-state index in [1.54, 1.807) is 6.07 Å². The molecule has 0 saturated carbocycles. The highest BCUT2D eigenvalue weighted by atomic mass is 14.6. The molecule has 3 nitrogen and oxygen atoms in total. The zero-order valence-electron chi connectivity index (χ0n) is 5.26. The first kappa shape index (κ1) is 10.5. The van der Waals surface area contributed by atoms with E-state index in [0.717, 1.165) is 0 Å². The molecule has 0 aliphatic heterocycles. The molecular formula is C6H7N3. The van der Waals surface area contributed by atoms with Crippen LogP contribution in [0.15, 0.2) is 0 Å². The lowest BCUT2D eigenvalue weighted by atomic mass is 10.8. The lowest BCUT2D eigenvalue weighted by Crippen LogP contribution is -1.56. The van der Waals surface area contributed by atoms with E-state index in [9.17, 15) is 0 Å². The van der Waals surface area contributed by atoms with Crippen molar-refractivity contribution in [1.82, 2.24) is 0 Å². The van der Waals surface area contributed by atoms with Gasteiger partial charge in [-0.3, -0.25) is 0 Å². The Morgan fingerprint density at radius 2 is 1.89 bits per heavy atom. The summed E-state index contributed by atoms with van der Waals surface area (Å²) < 4.78 is 0. The van der Waals surface area contributed by atoms with Gasteiger partial charge in [-0.2, -0.15) is 5.26 Å². The third-order valence-corrected chi connectivity index (χ3v) is 0.308. The van der Waals surface area contributed by atoms with Gasteiger partial charge in [-0.05, 0) is 0 Å². The van der Waals surface area contributed by atoms with Crippen LogP contribution in [0.4, 0.5) is 0 Å².